The summed E-state index contributed by atoms with van der Waals surface area (Å²) in [5.74, 6) is 0. The standard InChI is InChI=1S/C23H24OP/c24-25(22-17-8-3-9-18-22)23(21-15-6-2-7-16-21)19-11-10-14-20-12-4-1-5-13-20/h1-9,12-13,15-18,23H,10-11,14,19H2/q+1. The molecule has 0 amide bonds. The van der Waals surface area contributed by atoms with Gasteiger partial charge in [-0.05, 0) is 43.4 Å². The zero-order valence-electron chi connectivity index (χ0n) is 14.4. The van der Waals surface area contributed by atoms with E-state index in [0.717, 1.165) is 31.0 Å². The molecule has 2 unspecified atom stereocenters. The molecule has 0 saturated heterocycles. The average Bonchev–Trinajstić information content (AvgIpc) is 2.70. The highest BCUT2D eigenvalue weighted by molar-refractivity contribution is 7.53. The topological polar surface area (TPSA) is 17.1 Å². The van der Waals surface area contributed by atoms with Gasteiger partial charge in [-0.25, -0.2) is 0 Å². The van der Waals surface area contributed by atoms with Gasteiger partial charge in [-0.2, -0.15) is 0 Å². The Morgan fingerprint density at radius 1 is 0.680 bits per heavy atom. The molecule has 2 heteroatoms. The van der Waals surface area contributed by atoms with E-state index < -0.39 is 7.80 Å². The molecule has 25 heavy (non-hydrogen) atoms. The summed E-state index contributed by atoms with van der Waals surface area (Å²) < 4.78 is 13.2. The lowest BCUT2D eigenvalue weighted by atomic mass is 10.0. The van der Waals surface area contributed by atoms with Crippen molar-refractivity contribution in [1.29, 1.82) is 0 Å². The SMILES string of the molecule is O=[P+](c1ccccc1)C(CCCCc1ccccc1)c1ccccc1. The predicted molar refractivity (Wildman–Crippen MR) is 107 cm³/mol. The third-order valence-corrected chi connectivity index (χ3v) is 6.44. The van der Waals surface area contributed by atoms with Crippen molar-refractivity contribution in [2.24, 2.45) is 0 Å². The minimum absolute atomic E-state index is 0.0920. The van der Waals surface area contributed by atoms with Crippen molar-refractivity contribution in [3.05, 3.63) is 102 Å². The van der Waals surface area contributed by atoms with Crippen molar-refractivity contribution in [1.82, 2.24) is 0 Å². The Morgan fingerprint density at radius 3 is 1.88 bits per heavy atom. The van der Waals surface area contributed by atoms with Crippen molar-refractivity contribution in [3.63, 3.8) is 0 Å². The van der Waals surface area contributed by atoms with Crippen molar-refractivity contribution in [2.45, 2.75) is 31.3 Å². The molecule has 2 atom stereocenters. The summed E-state index contributed by atoms with van der Waals surface area (Å²) in [5.41, 5.74) is 2.66. The average molecular weight is 347 g/mol. The van der Waals surface area contributed by atoms with Crippen LogP contribution in [0.25, 0.3) is 0 Å². The minimum Gasteiger partial charge on any atom is -0.0674 e. The number of benzene rings is 3. The van der Waals surface area contributed by atoms with Crippen LogP contribution in [0.1, 0.15) is 36.0 Å². The number of unbranched alkanes of at least 4 members (excludes halogenated alkanes) is 1. The first kappa shape index (κ1) is 17.6. The van der Waals surface area contributed by atoms with Crippen molar-refractivity contribution in [2.75, 3.05) is 0 Å². The third kappa shape index (κ3) is 5.11. The lowest BCUT2D eigenvalue weighted by molar-refractivity contribution is 0.574. The van der Waals surface area contributed by atoms with Gasteiger partial charge in [-0.15, -0.1) is 0 Å². The van der Waals surface area contributed by atoms with Crippen molar-refractivity contribution >= 4 is 13.1 Å². The van der Waals surface area contributed by atoms with Crippen LogP contribution in [0, 0.1) is 0 Å². The second kappa shape index (κ2) is 9.30. The number of rotatable bonds is 8. The highest BCUT2D eigenvalue weighted by Gasteiger charge is 2.33. The molecule has 0 saturated carbocycles. The summed E-state index contributed by atoms with van der Waals surface area (Å²) in [6.45, 7) is 0. The van der Waals surface area contributed by atoms with E-state index in [-0.39, 0.29) is 5.66 Å². The quantitative estimate of drug-likeness (QED) is 0.345. The fourth-order valence-electron chi connectivity index (χ4n) is 3.16. The van der Waals surface area contributed by atoms with E-state index >= 15 is 0 Å². The van der Waals surface area contributed by atoms with E-state index in [9.17, 15) is 4.57 Å². The fourth-order valence-corrected chi connectivity index (χ4v) is 4.85. The van der Waals surface area contributed by atoms with E-state index in [4.69, 9.17) is 0 Å². The van der Waals surface area contributed by atoms with Gasteiger partial charge in [0.2, 0.25) is 0 Å². The largest absolute Gasteiger partial charge is 0.384 e. The normalized spacial score (nSPS) is 12.6. The molecule has 0 aromatic heterocycles. The Kier molecular flexibility index (Phi) is 6.54. The summed E-state index contributed by atoms with van der Waals surface area (Å²) in [4.78, 5) is 0. The molecule has 0 aliphatic rings. The molecule has 0 aliphatic heterocycles. The highest BCUT2D eigenvalue weighted by Crippen LogP contribution is 2.43. The van der Waals surface area contributed by atoms with Gasteiger partial charge in [-0.1, -0.05) is 83.4 Å². The van der Waals surface area contributed by atoms with Crippen molar-refractivity contribution in [3.8, 4) is 0 Å². The zero-order valence-corrected chi connectivity index (χ0v) is 15.3. The Labute approximate surface area is 151 Å². The maximum absolute atomic E-state index is 13.2. The molecule has 3 aromatic rings. The van der Waals surface area contributed by atoms with E-state index in [0.29, 0.717) is 0 Å². The molecule has 0 bridgehead atoms. The van der Waals surface area contributed by atoms with Gasteiger partial charge in [0.15, 0.2) is 11.0 Å². The first-order valence-corrected chi connectivity index (χ1v) is 10.3. The van der Waals surface area contributed by atoms with Crippen LogP contribution in [0.4, 0.5) is 0 Å². The first-order chi connectivity index (χ1) is 12.3. The third-order valence-electron chi connectivity index (χ3n) is 4.51. The summed E-state index contributed by atoms with van der Waals surface area (Å²) in [6.07, 6.45) is 4.26. The predicted octanol–water partition coefficient (Wildman–Crippen LogP) is 6.29. The van der Waals surface area contributed by atoms with E-state index in [1.54, 1.807) is 0 Å². The van der Waals surface area contributed by atoms with Gasteiger partial charge in [0.25, 0.3) is 0 Å². The van der Waals surface area contributed by atoms with Gasteiger partial charge < -0.3 is 0 Å². The fraction of sp³-hybridized carbons (Fsp3) is 0.217. The molecule has 0 radical (unpaired) electrons. The molecule has 3 aromatic carbocycles. The lowest BCUT2D eigenvalue weighted by Crippen LogP contribution is -2.03. The maximum Gasteiger partial charge on any atom is 0.384 e. The molecule has 0 heterocycles. The van der Waals surface area contributed by atoms with Gasteiger partial charge in [0.05, 0.1) is 0 Å². The maximum atomic E-state index is 13.2. The Balaban J connectivity index is 1.66. The summed E-state index contributed by atoms with van der Waals surface area (Å²) in [5, 5.41) is 0.953. The monoisotopic (exact) mass is 347 g/mol. The van der Waals surface area contributed by atoms with Crippen LogP contribution < -0.4 is 5.30 Å². The molecule has 126 valence electrons. The first-order valence-electron chi connectivity index (χ1n) is 8.95. The molecule has 1 nitrogen and oxygen atoms in total. The van der Waals surface area contributed by atoms with Crippen LogP contribution in [0.15, 0.2) is 91.0 Å². The second-order valence-corrected chi connectivity index (χ2v) is 8.11. The smallest absolute Gasteiger partial charge is 0.0674 e. The Bertz CT molecular complexity index is 769. The molecule has 0 aliphatic carbocycles. The molecule has 0 N–H and O–H groups in total. The van der Waals surface area contributed by atoms with Gasteiger partial charge in [0, 0.05) is 5.56 Å². The Hall–Kier alpha value is -2.24. The van der Waals surface area contributed by atoms with E-state index in [2.05, 4.69) is 42.5 Å². The number of hydrogen-bond acceptors (Lipinski definition) is 1. The molecule has 0 spiro atoms. The highest BCUT2D eigenvalue weighted by atomic mass is 31.1. The van der Waals surface area contributed by atoms with Crippen LogP contribution in [0.5, 0.6) is 0 Å². The Morgan fingerprint density at radius 2 is 1.24 bits per heavy atom. The van der Waals surface area contributed by atoms with E-state index in [1.807, 2.05) is 48.5 Å². The summed E-state index contributed by atoms with van der Waals surface area (Å²) >= 11 is 0. The van der Waals surface area contributed by atoms with Crippen LogP contribution >= 0.6 is 7.80 Å². The molecule has 0 fully saturated rings. The molecule has 3 rings (SSSR count). The molecular weight excluding hydrogens is 323 g/mol. The van der Waals surface area contributed by atoms with Gasteiger partial charge in [0.1, 0.15) is 0 Å². The van der Waals surface area contributed by atoms with Crippen LogP contribution in [-0.4, -0.2) is 0 Å². The van der Waals surface area contributed by atoms with Gasteiger partial charge in [-0.3, -0.25) is 0 Å². The van der Waals surface area contributed by atoms with Crippen LogP contribution in [-0.2, 0) is 11.0 Å². The van der Waals surface area contributed by atoms with E-state index in [1.165, 1.54) is 11.1 Å². The van der Waals surface area contributed by atoms with Crippen molar-refractivity contribution < 1.29 is 4.57 Å². The van der Waals surface area contributed by atoms with Crippen LogP contribution in [0.2, 0.25) is 0 Å². The zero-order chi connectivity index (χ0) is 17.3. The van der Waals surface area contributed by atoms with Gasteiger partial charge >= 0.3 is 7.80 Å². The second-order valence-electron chi connectivity index (χ2n) is 6.32. The lowest BCUT2D eigenvalue weighted by Gasteiger charge is -2.08. The minimum atomic E-state index is -1.44. The number of aryl methyl sites for hydroxylation is 1. The number of hydrogen-bond donors (Lipinski definition) is 0. The molecular formula is C23H24OP+. The summed E-state index contributed by atoms with van der Waals surface area (Å²) in [6, 6.07) is 30.8. The van der Waals surface area contributed by atoms with Crippen LogP contribution in [0.3, 0.4) is 0 Å². The summed E-state index contributed by atoms with van der Waals surface area (Å²) in [7, 11) is -1.44.